The van der Waals surface area contributed by atoms with E-state index in [1.165, 1.54) is 21.6 Å². The highest BCUT2D eigenvalue weighted by atomic mass is 127. The molecule has 0 radical (unpaired) electrons. The van der Waals surface area contributed by atoms with Crippen LogP contribution in [-0.2, 0) is 14.3 Å². The lowest BCUT2D eigenvalue weighted by Gasteiger charge is -2.31. The van der Waals surface area contributed by atoms with Gasteiger partial charge in [-0.15, -0.1) is 0 Å². The first-order chi connectivity index (χ1) is 21.8. The number of imide groups is 1. The number of carbonyl (C=O) groups is 2. The Morgan fingerprint density at radius 3 is 2.47 bits per heavy atom. The summed E-state index contributed by atoms with van der Waals surface area (Å²) in [4.78, 5) is 29.1. The van der Waals surface area contributed by atoms with Gasteiger partial charge in [0.1, 0.15) is 0 Å². The topological polar surface area (TPSA) is 88.1 Å². The van der Waals surface area contributed by atoms with Crippen molar-refractivity contribution in [2.75, 3.05) is 23.9 Å². The fraction of sp³-hybridized carbons (Fsp3) is 0.351. The Morgan fingerprint density at radius 1 is 1.04 bits per heavy atom. The van der Waals surface area contributed by atoms with Crippen molar-refractivity contribution in [2.24, 2.45) is 17.8 Å². The molecule has 3 aromatic carbocycles. The van der Waals surface area contributed by atoms with Gasteiger partial charge < -0.3 is 19.9 Å². The molecule has 8 heteroatoms. The van der Waals surface area contributed by atoms with Crippen molar-refractivity contribution in [2.45, 2.75) is 52.1 Å². The first kappa shape index (κ1) is 31.4. The average Bonchev–Trinajstić information content (AvgIpc) is 3.59. The van der Waals surface area contributed by atoms with Gasteiger partial charge in [0.05, 0.1) is 40.9 Å². The lowest BCUT2D eigenvalue weighted by molar-refractivity contribution is -0.122. The number of hydrogen-bond acceptors (Lipinski definition) is 6. The number of methoxy groups -OCH3 is 1. The van der Waals surface area contributed by atoms with Gasteiger partial charge in [-0.1, -0.05) is 49.3 Å². The summed E-state index contributed by atoms with van der Waals surface area (Å²) in [5.41, 5.74) is 7.28. The molecule has 3 aliphatic rings. The van der Waals surface area contributed by atoms with Crippen LogP contribution < -0.4 is 15.0 Å². The van der Waals surface area contributed by atoms with E-state index < -0.39 is 0 Å². The van der Waals surface area contributed by atoms with E-state index in [-0.39, 0.29) is 41.4 Å². The summed E-state index contributed by atoms with van der Waals surface area (Å²) in [5.74, 6) is -0.390. The van der Waals surface area contributed by atoms with Gasteiger partial charge in [0.2, 0.25) is 11.8 Å². The number of amides is 2. The monoisotopic (exact) mass is 718 g/mol. The number of hydrogen-bond donors (Lipinski definition) is 2. The number of carbonyl (C=O) groups excluding carboxylic acids is 2. The molecule has 7 nitrogen and oxygen atoms in total. The first-order valence-corrected chi connectivity index (χ1v) is 16.8. The molecule has 2 amide bonds. The van der Waals surface area contributed by atoms with Crippen molar-refractivity contribution >= 4 is 57.5 Å². The maximum absolute atomic E-state index is 14.0. The third-order valence-electron chi connectivity index (χ3n) is 9.45. The maximum atomic E-state index is 14.0. The van der Waals surface area contributed by atoms with Crippen LogP contribution in [0.25, 0.3) is 6.08 Å². The Hall–Kier alpha value is -3.63. The van der Waals surface area contributed by atoms with E-state index in [4.69, 9.17) is 9.47 Å². The summed E-state index contributed by atoms with van der Waals surface area (Å²) >= 11 is 2.12. The molecule has 2 saturated heterocycles. The van der Waals surface area contributed by atoms with E-state index in [1.54, 1.807) is 7.11 Å². The van der Waals surface area contributed by atoms with Crippen molar-refractivity contribution in [3.63, 3.8) is 0 Å². The standard InChI is InChI=1S/C37H39IN2O5/c1-4-22(17-23-18-30(38)35(41)32(19-23)44-3)11-16-31-33-24(5-2)20-28-34(29(33)21-45-31)37(43)40(36(28)42)27-14-12-26(13-15-27)39-25-9-7-6-8-10-25/h6-10,12-15,17-19,28-29,31,34,39,41H,4-5,11,16,20-21H2,1-3H3/b22-17+/t28-,29+,31-,34-/m1/s1. The van der Waals surface area contributed by atoms with Gasteiger partial charge in [0.25, 0.3) is 0 Å². The highest BCUT2D eigenvalue weighted by molar-refractivity contribution is 14.1. The Labute approximate surface area is 278 Å². The van der Waals surface area contributed by atoms with Crippen molar-refractivity contribution in [1.29, 1.82) is 0 Å². The summed E-state index contributed by atoms with van der Waals surface area (Å²) in [6.45, 7) is 4.76. The number of aromatic hydroxyl groups is 1. The summed E-state index contributed by atoms with van der Waals surface area (Å²) < 4.78 is 12.5. The minimum atomic E-state index is -0.386. The number of allylic oxidation sites excluding steroid dienone is 2. The maximum Gasteiger partial charge on any atom is 0.238 e. The number of nitrogens with zero attached hydrogens (tertiary/aromatic N) is 1. The van der Waals surface area contributed by atoms with E-state index >= 15 is 0 Å². The first-order valence-electron chi connectivity index (χ1n) is 15.7. The molecule has 4 atom stereocenters. The van der Waals surface area contributed by atoms with Gasteiger partial charge in [-0.2, -0.15) is 0 Å². The molecular weight excluding hydrogens is 679 g/mol. The number of ether oxygens (including phenoxy) is 2. The molecular formula is C37H39IN2O5. The van der Waals surface area contributed by atoms with Crippen LogP contribution >= 0.6 is 22.6 Å². The molecule has 1 aliphatic carbocycles. The average molecular weight is 719 g/mol. The number of nitrogens with one attached hydrogen (secondary N) is 1. The SMILES string of the molecule is CCC1=C2[C@@H](CC/C(=C/c3cc(I)c(O)c(OC)c3)CC)OC[C@@H]2[C@@H]2C(=O)N(c3ccc(Nc4ccccc4)cc3)C(=O)[C@@H]2C1. The van der Waals surface area contributed by atoms with Crippen LogP contribution in [0.3, 0.4) is 0 Å². The van der Waals surface area contributed by atoms with Crippen LogP contribution in [0.1, 0.15) is 51.5 Å². The van der Waals surface area contributed by atoms with Crippen LogP contribution in [0.5, 0.6) is 11.5 Å². The predicted molar refractivity (Wildman–Crippen MR) is 186 cm³/mol. The molecule has 0 spiro atoms. The predicted octanol–water partition coefficient (Wildman–Crippen LogP) is 8.25. The zero-order chi connectivity index (χ0) is 31.7. The largest absolute Gasteiger partial charge is 0.504 e. The molecule has 6 rings (SSSR count). The van der Waals surface area contributed by atoms with Crippen molar-refractivity contribution in [3.8, 4) is 11.5 Å². The van der Waals surface area contributed by atoms with Crippen LogP contribution in [0.2, 0.25) is 0 Å². The molecule has 0 bridgehead atoms. The Bertz CT molecular complexity index is 1650. The minimum absolute atomic E-state index is 0.0596. The third kappa shape index (κ3) is 6.14. The normalized spacial score (nSPS) is 22.9. The van der Waals surface area contributed by atoms with Gasteiger partial charge >= 0.3 is 0 Å². The van der Waals surface area contributed by atoms with Crippen molar-refractivity contribution < 1.29 is 24.2 Å². The second-order valence-corrected chi connectivity index (χ2v) is 13.1. The molecule has 0 aromatic heterocycles. The van der Waals surface area contributed by atoms with Crippen LogP contribution in [-0.4, -0.2) is 36.7 Å². The van der Waals surface area contributed by atoms with E-state index in [2.05, 4.69) is 47.8 Å². The lowest BCUT2D eigenvalue weighted by Crippen LogP contribution is -2.34. The quantitative estimate of drug-likeness (QED) is 0.125. The number of rotatable bonds is 10. The Morgan fingerprint density at radius 2 is 1.78 bits per heavy atom. The molecule has 3 aromatic rings. The number of para-hydroxylation sites is 1. The third-order valence-corrected chi connectivity index (χ3v) is 10.3. The number of phenols is 1. The fourth-order valence-electron chi connectivity index (χ4n) is 7.18. The number of halogens is 1. The molecule has 2 N–H and O–H groups in total. The van der Waals surface area contributed by atoms with Gasteiger partial charge in [-0.05, 0) is 114 Å². The zero-order valence-electron chi connectivity index (χ0n) is 25.9. The smallest absolute Gasteiger partial charge is 0.238 e. The summed E-state index contributed by atoms with van der Waals surface area (Å²) in [7, 11) is 1.56. The highest BCUT2D eigenvalue weighted by Crippen LogP contribution is 2.51. The molecule has 45 heavy (non-hydrogen) atoms. The van der Waals surface area contributed by atoms with Gasteiger partial charge in [-0.3, -0.25) is 14.5 Å². The number of anilines is 3. The van der Waals surface area contributed by atoms with Gasteiger partial charge in [-0.25, -0.2) is 0 Å². The molecule has 2 fully saturated rings. The molecule has 234 valence electrons. The zero-order valence-corrected chi connectivity index (χ0v) is 28.0. The van der Waals surface area contributed by atoms with Crippen LogP contribution in [0, 0.1) is 21.3 Å². The van der Waals surface area contributed by atoms with Gasteiger partial charge in [0.15, 0.2) is 11.5 Å². The number of phenolic OH excluding ortho intramolecular Hbond substituents is 1. The fourth-order valence-corrected chi connectivity index (χ4v) is 7.81. The van der Waals surface area contributed by atoms with E-state index in [0.29, 0.717) is 24.5 Å². The summed E-state index contributed by atoms with van der Waals surface area (Å²) in [5, 5.41) is 13.6. The van der Waals surface area contributed by atoms with Gasteiger partial charge in [0, 0.05) is 17.3 Å². The van der Waals surface area contributed by atoms with E-state index in [9.17, 15) is 14.7 Å². The van der Waals surface area contributed by atoms with Crippen LogP contribution in [0.4, 0.5) is 17.1 Å². The Balaban J connectivity index is 1.18. The number of fused-ring (bicyclic) bond motifs is 3. The minimum Gasteiger partial charge on any atom is -0.504 e. The number of benzene rings is 3. The molecule has 0 unspecified atom stereocenters. The second kappa shape index (κ2) is 13.4. The highest BCUT2D eigenvalue weighted by Gasteiger charge is 2.57. The molecule has 2 aliphatic heterocycles. The lowest BCUT2D eigenvalue weighted by atomic mass is 9.69. The van der Waals surface area contributed by atoms with Crippen molar-refractivity contribution in [3.05, 3.63) is 92.6 Å². The second-order valence-electron chi connectivity index (χ2n) is 12.0. The summed E-state index contributed by atoms with van der Waals surface area (Å²) in [6, 6.07) is 21.2. The van der Waals surface area contributed by atoms with Crippen molar-refractivity contribution in [1.82, 2.24) is 0 Å². The molecule has 0 saturated carbocycles. The Kier molecular flexibility index (Phi) is 9.33. The van der Waals surface area contributed by atoms with Crippen LogP contribution in [0.15, 0.2) is 83.4 Å². The summed E-state index contributed by atoms with van der Waals surface area (Å²) in [6.07, 6.45) is 6.13. The molecule has 2 heterocycles. The van der Waals surface area contributed by atoms with E-state index in [1.807, 2.05) is 66.7 Å². The van der Waals surface area contributed by atoms with E-state index in [0.717, 1.165) is 46.2 Å².